The minimum Gasteiger partial charge on any atom is -0.383 e. The maximum atomic E-state index is 6.00. The second-order valence-corrected chi connectivity index (χ2v) is 4.96. The summed E-state index contributed by atoms with van der Waals surface area (Å²) in [6, 6.07) is 0. The van der Waals surface area contributed by atoms with Crippen LogP contribution in [0.2, 0.25) is 0 Å². The molecule has 4 heteroatoms. The molecule has 2 aliphatic rings. The van der Waals surface area contributed by atoms with Crippen LogP contribution in [0.15, 0.2) is 4.99 Å². The average molecular weight is 225 g/mol. The fourth-order valence-corrected chi connectivity index (χ4v) is 2.99. The third-order valence-corrected chi connectivity index (χ3v) is 3.94. The molecule has 2 rings (SSSR count). The molecule has 1 heterocycles. The number of methoxy groups -OCH3 is 1. The van der Waals surface area contributed by atoms with Crippen LogP contribution in [0.3, 0.4) is 0 Å². The Balaban J connectivity index is 2.06. The van der Waals surface area contributed by atoms with Gasteiger partial charge in [-0.15, -0.1) is 0 Å². The van der Waals surface area contributed by atoms with Gasteiger partial charge in [-0.2, -0.15) is 0 Å². The van der Waals surface area contributed by atoms with Gasteiger partial charge in [-0.25, -0.2) is 0 Å². The Morgan fingerprint density at radius 2 is 2.00 bits per heavy atom. The Bertz CT molecular complexity index is 257. The van der Waals surface area contributed by atoms with Gasteiger partial charge in [0.2, 0.25) is 0 Å². The van der Waals surface area contributed by atoms with Gasteiger partial charge < -0.3 is 15.4 Å². The Hall–Kier alpha value is -0.770. The van der Waals surface area contributed by atoms with E-state index >= 15 is 0 Å². The van der Waals surface area contributed by atoms with Crippen LogP contribution >= 0.6 is 0 Å². The van der Waals surface area contributed by atoms with Crippen molar-refractivity contribution in [1.82, 2.24) is 4.90 Å². The molecule has 0 aromatic carbocycles. The molecule has 0 aromatic rings. The third kappa shape index (κ3) is 2.17. The lowest BCUT2D eigenvalue weighted by Gasteiger charge is -2.38. The molecule has 0 saturated heterocycles. The molecule has 1 saturated carbocycles. The largest absolute Gasteiger partial charge is 0.383 e. The predicted octanol–water partition coefficient (Wildman–Crippen LogP) is 1.36. The van der Waals surface area contributed by atoms with Crippen molar-refractivity contribution in [2.24, 2.45) is 10.7 Å². The SMILES string of the molecule is COCCN1C(N)=NCC12CCCCCC2. The third-order valence-electron chi connectivity index (χ3n) is 3.94. The second-order valence-electron chi connectivity index (χ2n) is 4.96. The Kier molecular flexibility index (Phi) is 3.69. The molecule has 0 unspecified atom stereocenters. The van der Waals surface area contributed by atoms with Crippen molar-refractivity contribution < 1.29 is 4.74 Å². The average Bonchev–Trinajstić information content (AvgIpc) is 2.49. The summed E-state index contributed by atoms with van der Waals surface area (Å²) in [6.07, 6.45) is 7.82. The lowest BCUT2D eigenvalue weighted by molar-refractivity contribution is 0.118. The van der Waals surface area contributed by atoms with Crippen molar-refractivity contribution >= 4 is 5.96 Å². The van der Waals surface area contributed by atoms with Gasteiger partial charge in [0.1, 0.15) is 0 Å². The fourth-order valence-electron chi connectivity index (χ4n) is 2.99. The normalized spacial score (nSPS) is 24.6. The highest BCUT2D eigenvalue weighted by Crippen LogP contribution is 2.35. The van der Waals surface area contributed by atoms with E-state index in [4.69, 9.17) is 10.5 Å². The van der Waals surface area contributed by atoms with Gasteiger partial charge in [0.05, 0.1) is 18.7 Å². The lowest BCUT2D eigenvalue weighted by Crippen LogP contribution is -2.52. The highest BCUT2D eigenvalue weighted by atomic mass is 16.5. The summed E-state index contributed by atoms with van der Waals surface area (Å²) in [7, 11) is 1.74. The molecule has 0 bridgehead atoms. The molecule has 1 spiro atoms. The van der Waals surface area contributed by atoms with Crippen molar-refractivity contribution in [3.8, 4) is 0 Å². The van der Waals surface area contributed by atoms with Gasteiger partial charge in [-0.1, -0.05) is 25.7 Å². The molecule has 0 aromatic heterocycles. The summed E-state index contributed by atoms with van der Waals surface area (Å²) in [6.45, 7) is 2.51. The zero-order valence-electron chi connectivity index (χ0n) is 10.2. The number of aliphatic imine (C=N–C) groups is 1. The number of ether oxygens (including phenoxy) is 1. The van der Waals surface area contributed by atoms with Crippen LogP contribution in [0, 0.1) is 0 Å². The van der Waals surface area contributed by atoms with Gasteiger partial charge in [0.15, 0.2) is 5.96 Å². The second kappa shape index (κ2) is 5.04. The van der Waals surface area contributed by atoms with E-state index in [2.05, 4.69) is 9.89 Å². The maximum Gasteiger partial charge on any atom is 0.191 e. The van der Waals surface area contributed by atoms with Crippen LogP contribution < -0.4 is 5.73 Å². The van der Waals surface area contributed by atoms with E-state index in [-0.39, 0.29) is 5.54 Å². The van der Waals surface area contributed by atoms with Crippen LogP contribution in [-0.4, -0.2) is 43.2 Å². The number of hydrogen-bond donors (Lipinski definition) is 1. The van der Waals surface area contributed by atoms with Gasteiger partial charge >= 0.3 is 0 Å². The van der Waals surface area contributed by atoms with Crippen molar-refractivity contribution in [2.45, 2.75) is 44.1 Å². The van der Waals surface area contributed by atoms with Gasteiger partial charge in [0.25, 0.3) is 0 Å². The Morgan fingerprint density at radius 1 is 1.31 bits per heavy atom. The number of nitrogens with zero attached hydrogens (tertiary/aromatic N) is 2. The Labute approximate surface area is 97.9 Å². The predicted molar refractivity (Wildman–Crippen MR) is 65.5 cm³/mol. The van der Waals surface area contributed by atoms with Crippen molar-refractivity contribution in [3.63, 3.8) is 0 Å². The molecule has 0 radical (unpaired) electrons. The fraction of sp³-hybridized carbons (Fsp3) is 0.917. The van der Waals surface area contributed by atoms with Crippen LogP contribution in [0.25, 0.3) is 0 Å². The van der Waals surface area contributed by atoms with Crippen molar-refractivity contribution in [3.05, 3.63) is 0 Å². The smallest absolute Gasteiger partial charge is 0.191 e. The quantitative estimate of drug-likeness (QED) is 0.789. The minimum atomic E-state index is 0.221. The van der Waals surface area contributed by atoms with Crippen LogP contribution in [0.4, 0.5) is 0 Å². The highest BCUT2D eigenvalue weighted by molar-refractivity contribution is 5.81. The van der Waals surface area contributed by atoms with Gasteiger partial charge in [-0.3, -0.25) is 4.99 Å². The standard InChI is InChI=1S/C12H23N3O/c1-16-9-8-15-11(13)14-10-12(15)6-4-2-3-5-7-12/h2-10H2,1H3,(H2,13,14). The molecule has 1 aliphatic heterocycles. The lowest BCUT2D eigenvalue weighted by atomic mass is 9.89. The molecular formula is C12H23N3O. The number of hydrogen-bond acceptors (Lipinski definition) is 4. The maximum absolute atomic E-state index is 6.00. The molecule has 0 atom stereocenters. The summed E-state index contributed by atoms with van der Waals surface area (Å²) in [4.78, 5) is 6.75. The zero-order valence-corrected chi connectivity index (χ0v) is 10.2. The van der Waals surface area contributed by atoms with E-state index in [1.54, 1.807) is 7.11 Å². The summed E-state index contributed by atoms with van der Waals surface area (Å²) >= 11 is 0. The number of rotatable bonds is 3. The van der Waals surface area contributed by atoms with Gasteiger partial charge in [-0.05, 0) is 12.8 Å². The summed E-state index contributed by atoms with van der Waals surface area (Å²) in [5, 5.41) is 0. The first-order valence-electron chi connectivity index (χ1n) is 6.35. The first kappa shape index (κ1) is 11.7. The van der Waals surface area contributed by atoms with Crippen molar-refractivity contribution in [2.75, 3.05) is 26.8 Å². The highest BCUT2D eigenvalue weighted by Gasteiger charge is 2.41. The molecular weight excluding hydrogens is 202 g/mol. The zero-order chi connectivity index (χ0) is 11.4. The molecule has 1 aliphatic carbocycles. The molecule has 92 valence electrons. The molecule has 2 N–H and O–H groups in total. The van der Waals surface area contributed by atoms with E-state index in [0.29, 0.717) is 0 Å². The van der Waals surface area contributed by atoms with Crippen molar-refractivity contribution in [1.29, 1.82) is 0 Å². The monoisotopic (exact) mass is 225 g/mol. The molecule has 0 amide bonds. The minimum absolute atomic E-state index is 0.221. The molecule has 4 nitrogen and oxygen atoms in total. The number of nitrogens with two attached hydrogens (primary N) is 1. The van der Waals surface area contributed by atoms with E-state index < -0.39 is 0 Å². The van der Waals surface area contributed by atoms with Crippen LogP contribution in [0.5, 0.6) is 0 Å². The van der Waals surface area contributed by atoms with Gasteiger partial charge in [0, 0.05) is 13.7 Å². The van der Waals surface area contributed by atoms with E-state index in [0.717, 1.165) is 25.7 Å². The van der Waals surface area contributed by atoms with E-state index in [9.17, 15) is 0 Å². The summed E-state index contributed by atoms with van der Waals surface area (Å²) in [5.41, 5.74) is 6.22. The summed E-state index contributed by atoms with van der Waals surface area (Å²) in [5.74, 6) is 0.721. The topological polar surface area (TPSA) is 50.9 Å². The first-order chi connectivity index (χ1) is 7.78. The van der Waals surface area contributed by atoms with E-state index in [1.807, 2.05) is 0 Å². The Morgan fingerprint density at radius 3 is 2.62 bits per heavy atom. The van der Waals surface area contributed by atoms with Crippen LogP contribution in [-0.2, 0) is 4.74 Å². The molecule has 1 fully saturated rings. The first-order valence-corrected chi connectivity index (χ1v) is 6.35. The van der Waals surface area contributed by atoms with Crippen LogP contribution in [0.1, 0.15) is 38.5 Å². The van der Waals surface area contributed by atoms with E-state index in [1.165, 1.54) is 38.5 Å². The number of guanidine groups is 1. The summed E-state index contributed by atoms with van der Waals surface area (Å²) < 4.78 is 5.17. The molecule has 16 heavy (non-hydrogen) atoms.